The average Bonchev–Trinajstić information content (AvgIpc) is 2.38. The van der Waals surface area contributed by atoms with Crippen LogP contribution in [0, 0.1) is 0 Å². The highest BCUT2D eigenvalue weighted by molar-refractivity contribution is 5.73. The van der Waals surface area contributed by atoms with Gasteiger partial charge in [0.05, 0.1) is 0 Å². The Hall–Kier alpha value is -1.71. The van der Waals surface area contributed by atoms with Crippen LogP contribution in [0.5, 0.6) is 0 Å². The van der Waals surface area contributed by atoms with Gasteiger partial charge in [0, 0.05) is 6.42 Å². The van der Waals surface area contributed by atoms with E-state index in [1.54, 1.807) is 0 Å². The molecule has 21 heavy (non-hydrogen) atoms. The van der Waals surface area contributed by atoms with Crippen LogP contribution in [-0.4, -0.2) is 51.9 Å². The molecule has 0 radical (unpaired) electrons. The van der Waals surface area contributed by atoms with Crippen LogP contribution in [0.1, 0.15) is 38.5 Å². The van der Waals surface area contributed by atoms with Gasteiger partial charge >= 0.3 is 17.9 Å². The molecule has 2 unspecified atom stereocenters. The van der Waals surface area contributed by atoms with Crippen LogP contribution in [0.25, 0.3) is 0 Å². The van der Waals surface area contributed by atoms with E-state index in [9.17, 15) is 14.4 Å². The van der Waals surface area contributed by atoms with Gasteiger partial charge in [0.2, 0.25) is 0 Å². The summed E-state index contributed by atoms with van der Waals surface area (Å²) in [4.78, 5) is 30.2. The minimum absolute atomic E-state index is 0.0268. The van der Waals surface area contributed by atoms with Gasteiger partial charge in [0.1, 0.15) is 12.1 Å². The monoisotopic (exact) mass is 307 g/mol. The second-order valence-corrected chi connectivity index (χ2v) is 4.46. The Morgan fingerprint density at radius 3 is 1.57 bits per heavy atom. The molecule has 0 rings (SSSR count). The number of carboxylic acids is 3. The van der Waals surface area contributed by atoms with Crippen LogP contribution in [0.15, 0.2) is 0 Å². The van der Waals surface area contributed by atoms with Crippen LogP contribution in [0.2, 0.25) is 0 Å². The van der Waals surface area contributed by atoms with E-state index in [1.807, 2.05) is 0 Å². The second kappa shape index (κ2) is 13.3. The van der Waals surface area contributed by atoms with Crippen molar-refractivity contribution < 1.29 is 29.7 Å². The molecule has 9 nitrogen and oxygen atoms in total. The lowest BCUT2D eigenvalue weighted by Gasteiger charge is -2.03. The molecule has 0 aliphatic rings. The molecule has 0 amide bonds. The fourth-order valence-electron chi connectivity index (χ4n) is 1.23. The van der Waals surface area contributed by atoms with Crippen LogP contribution in [0.3, 0.4) is 0 Å². The van der Waals surface area contributed by atoms with Gasteiger partial charge in [-0.15, -0.1) is 0 Å². The van der Waals surface area contributed by atoms with E-state index in [0.29, 0.717) is 19.4 Å². The molecule has 9 N–H and O–H groups in total. The Morgan fingerprint density at radius 2 is 1.24 bits per heavy atom. The van der Waals surface area contributed by atoms with Gasteiger partial charge in [0.25, 0.3) is 0 Å². The largest absolute Gasteiger partial charge is 0.481 e. The Labute approximate surface area is 123 Å². The quantitative estimate of drug-likeness (QED) is 0.280. The van der Waals surface area contributed by atoms with Crippen LogP contribution in [-0.2, 0) is 14.4 Å². The molecule has 0 bridgehead atoms. The van der Waals surface area contributed by atoms with E-state index in [2.05, 4.69) is 0 Å². The van der Waals surface area contributed by atoms with Gasteiger partial charge < -0.3 is 32.5 Å². The minimum atomic E-state index is -1.09. The molecule has 0 saturated carbocycles. The third-order valence-corrected chi connectivity index (χ3v) is 2.51. The van der Waals surface area contributed by atoms with Crippen molar-refractivity contribution in [1.29, 1.82) is 0 Å². The summed E-state index contributed by atoms with van der Waals surface area (Å²) < 4.78 is 0. The fourth-order valence-corrected chi connectivity index (χ4v) is 1.23. The van der Waals surface area contributed by atoms with Gasteiger partial charge in [-0.3, -0.25) is 14.4 Å². The van der Waals surface area contributed by atoms with Crippen molar-refractivity contribution in [3.05, 3.63) is 0 Å². The first-order valence-electron chi connectivity index (χ1n) is 6.61. The molecule has 0 aromatic rings. The average molecular weight is 307 g/mol. The van der Waals surface area contributed by atoms with Crippen molar-refractivity contribution in [2.45, 2.75) is 50.6 Å². The first-order chi connectivity index (χ1) is 9.72. The third-order valence-electron chi connectivity index (χ3n) is 2.51. The number of aliphatic carboxylic acids is 3. The van der Waals surface area contributed by atoms with Crippen molar-refractivity contribution in [1.82, 2.24) is 0 Å². The highest BCUT2D eigenvalue weighted by Gasteiger charge is 2.11. The lowest BCUT2D eigenvalue weighted by molar-refractivity contribution is -0.140. The van der Waals surface area contributed by atoms with Crippen molar-refractivity contribution in [2.75, 3.05) is 6.54 Å². The fraction of sp³-hybridized carbons (Fsp3) is 0.750. The molecule has 0 aliphatic heterocycles. The minimum Gasteiger partial charge on any atom is -0.481 e. The maximum Gasteiger partial charge on any atom is 0.320 e. The number of hydrogen-bond acceptors (Lipinski definition) is 6. The van der Waals surface area contributed by atoms with E-state index in [0.717, 1.165) is 12.8 Å². The summed E-state index contributed by atoms with van der Waals surface area (Å²) >= 11 is 0. The van der Waals surface area contributed by atoms with E-state index < -0.39 is 30.0 Å². The highest BCUT2D eigenvalue weighted by Crippen LogP contribution is 1.98. The second-order valence-electron chi connectivity index (χ2n) is 4.46. The van der Waals surface area contributed by atoms with Crippen molar-refractivity contribution in [2.24, 2.45) is 17.2 Å². The van der Waals surface area contributed by atoms with Crippen molar-refractivity contribution in [3.8, 4) is 0 Å². The Bertz CT molecular complexity index is 324. The summed E-state index contributed by atoms with van der Waals surface area (Å²) in [7, 11) is 0. The molecule has 0 aliphatic carbocycles. The number of rotatable bonds is 10. The Balaban J connectivity index is 0. The van der Waals surface area contributed by atoms with Gasteiger partial charge in [-0.25, -0.2) is 0 Å². The normalized spacial score (nSPS) is 12.7. The van der Waals surface area contributed by atoms with Crippen molar-refractivity contribution >= 4 is 17.9 Å². The molecular weight excluding hydrogens is 282 g/mol. The topological polar surface area (TPSA) is 190 Å². The molecule has 124 valence electrons. The highest BCUT2D eigenvalue weighted by atomic mass is 16.4. The first-order valence-corrected chi connectivity index (χ1v) is 6.61. The molecule has 0 aromatic carbocycles. The molecule has 2 atom stereocenters. The molecule has 0 aromatic heterocycles. The molecule has 0 saturated heterocycles. The number of carboxylic acid groups (broad SMARTS) is 3. The molecule has 9 heteroatoms. The number of carbonyl (C=O) groups is 3. The van der Waals surface area contributed by atoms with Crippen LogP contribution in [0.4, 0.5) is 0 Å². The zero-order valence-corrected chi connectivity index (χ0v) is 11.9. The van der Waals surface area contributed by atoms with Crippen molar-refractivity contribution in [3.63, 3.8) is 0 Å². The maximum atomic E-state index is 10.1. The summed E-state index contributed by atoms with van der Waals surface area (Å²) in [5, 5.41) is 24.8. The summed E-state index contributed by atoms with van der Waals surface area (Å²) in [5.41, 5.74) is 15.5. The molecule has 0 spiro atoms. The van der Waals surface area contributed by atoms with Crippen LogP contribution >= 0.6 is 0 Å². The number of hydrogen-bond donors (Lipinski definition) is 6. The summed E-state index contributed by atoms with van der Waals surface area (Å²) in [6, 6.07) is -1.65. The third kappa shape index (κ3) is 16.2. The lowest BCUT2D eigenvalue weighted by atomic mass is 10.1. The van der Waals surface area contributed by atoms with Crippen LogP contribution < -0.4 is 17.2 Å². The Kier molecular flexibility index (Phi) is 13.7. The summed E-state index contributed by atoms with van der Waals surface area (Å²) in [5.74, 6) is -2.95. The van der Waals surface area contributed by atoms with E-state index in [1.165, 1.54) is 0 Å². The molecular formula is C12H25N3O6. The number of unbranched alkanes of at least 4 members (excludes halogenated alkanes) is 1. The number of nitrogens with two attached hydrogens (primary N) is 3. The van der Waals surface area contributed by atoms with E-state index in [4.69, 9.17) is 32.5 Å². The predicted molar refractivity (Wildman–Crippen MR) is 75.6 cm³/mol. The molecule has 0 heterocycles. The van der Waals surface area contributed by atoms with E-state index in [-0.39, 0.29) is 12.8 Å². The predicted octanol–water partition coefficient (Wildman–Crippen LogP) is -0.819. The smallest absolute Gasteiger partial charge is 0.320 e. The SMILES string of the molecule is NC(CCCC(=O)O)C(=O)O.NCCCCC(N)C(=O)O. The zero-order chi connectivity index (χ0) is 16.8. The van der Waals surface area contributed by atoms with E-state index >= 15 is 0 Å². The molecule has 0 fully saturated rings. The zero-order valence-electron chi connectivity index (χ0n) is 11.9. The van der Waals surface area contributed by atoms with Gasteiger partial charge in [-0.1, -0.05) is 6.42 Å². The first kappa shape index (κ1) is 21.6. The summed E-state index contributed by atoms with van der Waals surface area (Å²) in [6.45, 7) is 0.604. The summed E-state index contributed by atoms with van der Waals surface area (Å²) in [6.07, 6.45) is 2.66. The van der Waals surface area contributed by atoms with Gasteiger partial charge in [-0.05, 0) is 32.2 Å². The lowest BCUT2D eigenvalue weighted by Crippen LogP contribution is -2.29. The standard InChI is InChI=1S/C6H14N2O2.C6H11NO4/c7-4-2-1-3-5(8)6(9)10;7-4(6(10)11)2-1-3-5(8)9/h5H,1-4,7-8H2,(H,9,10);4H,1-3,7H2,(H,8,9)(H,10,11). The Morgan fingerprint density at radius 1 is 0.810 bits per heavy atom. The maximum absolute atomic E-state index is 10.1. The van der Waals surface area contributed by atoms with Gasteiger partial charge in [0.15, 0.2) is 0 Å². The van der Waals surface area contributed by atoms with Gasteiger partial charge in [-0.2, -0.15) is 0 Å².